The van der Waals surface area contributed by atoms with Gasteiger partial charge in [-0.25, -0.2) is 9.36 Å². The van der Waals surface area contributed by atoms with Crippen molar-refractivity contribution in [2.45, 2.75) is 12.8 Å². The van der Waals surface area contributed by atoms with E-state index in [1.807, 2.05) is 30.3 Å². The molecular formula is C12H15N2O7P. The molecule has 0 spiro atoms. The number of nitrogens with one attached hydrogen (secondary N) is 2. The molecule has 0 bridgehead atoms. The van der Waals surface area contributed by atoms with Crippen molar-refractivity contribution in [3.05, 3.63) is 35.9 Å². The van der Waals surface area contributed by atoms with E-state index in [2.05, 4.69) is 10.6 Å². The molecule has 9 nitrogen and oxygen atoms in total. The standard InChI is InChI=1S/C12H12N2O3.H3O4P/c15-10-9(11(16)14-12(17)13-10)7-6-8-4-2-1-3-5-8;1-5(2,3)4/h1-5,9H,6-7H2,(H2,13,14,15,16,17);(H3,1,2,3,4). The van der Waals surface area contributed by atoms with Crippen molar-refractivity contribution in [3.8, 4) is 0 Å². The molecule has 1 heterocycles. The van der Waals surface area contributed by atoms with E-state index in [1.54, 1.807) is 0 Å². The molecule has 1 aliphatic heterocycles. The maximum atomic E-state index is 11.4. The van der Waals surface area contributed by atoms with E-state index in [0.29, 0.717) is 12.8 Å². The van der Waals surface area contributed by atoms with Crippen LogP contribution in [-0.2, 0) is 20.6 Å². The van der Waals surface area contributed by atoms with Crippen LogP contribution in [0.15, 0.2) is 30.3 Å². The van der Waals surface area contributed by atoms with Gasteiger partial charge in [-0.1, -0.05) is 30.3 Å². The predicted molar refractivity (Wildman–Crippen MR) is 74.2 cm³/mol. The molecule has 4 amide bonds. The quantitative estimate of drug-likeness (QED) is 0.376. The van der Waals surface area contributed by atoms with Crippen molar-refractivity contribution in [1.29, 1.82) is 0 Å². The molecule has 22 heavy (non-hydrogen) atoms. The van der Waals surface area contributed by atoms with Gasteiger partial charge in [-0.2, -0.15) is 0 Å². The summed E-state index contributed by atoms with van der Waals surface area (Å²) in [5.74, 6) is -1.82. The molecule has 0 aliphatic carbocycles. The second-order valence-electron chi connectivity index (χ2n) is 4.40. The molecule has 0 aromatic heterocycles. The Labute approximate surface area is 125 Å². The minimum atomic E-state index is -4.64. The van der Waals surface area contributed by atoms with Crippen LogP contribution in [0.2, 0.25) is 0 Å². The Balaban J connectivity index is 0.000000422. The fourth-order valence-corrected chi connectivity index (χ4v) is 1.77. The van der Waals surface area contributed by atoms with Gasteiger partial charge in [0.1, 0.15) is 5.92 Å². The van der Waals surface area contributed by atoms with Crippen LogP contribution in [0.1, 0.15) is 12.0 Å². The third kappa shape index (κ3) is 7.09. The van der Waals surface area contributed by atoms with Crippen LogP contribution < -0.4 is 10.6 Å². The minimum Gasteiger partial charge on any atom is -0.303 e. The van der Waals surface area contributed by atoms with Crippen molar-refractivity contribution >= 4 is 25.7 Å². The summed E-state index contributed by atoms with van der Waals surface area (Å²) in [6, 6.07) is 8.84. The number of benzene rings is 1. The Morgan fingerprint density at radius 3 is 1.86 bits per heavy atom. The lowest BCUT2D eigenvalue weighted by Gasteiger charge is -2.20. The topological polar surface area (TPSA) is 153 Å². The number of phosphoric acid groups is 1. The lowest BCUT2D eigenvalue weighted by molar-refractivity contribution is -0.136. The number of hydrogen-bond acceptors (Lipinski definition) is 4. The number of carbonyl (C=O) groups is 3. The molecule has 1 saturated heterocycles. The molecule has 5 N–H and O–H groups in total. The second-order valence-corrected chi connectivity index (χ2v) is 5.42. The highest BCUT2D eigenvalue weighted by Gasteiger charge is 2.33. The van der Waals surface area contributed by atoms with Crippen LogP contribution in [0.4, 0.5) is 4.79 Å². The molecule has 0 radical (unpaired) electrons. The van der Waals surface area contributed by atoms with Crippen molar-refractivity contribution < 1.29 is 33.6 Å². The smallest absolute Gasteiger partial charge is 0.303 e. The van der Waals surface area contributed by atoms with E-state index < -0.39 is 31.6 Å². The van der Waals surface area contributed by atoms with Gasteiger partial charge < -0.3 is 14.7 Å². The second kappa shape index (κ2) is 7.81. The molecule has 0 saturated carbocycles. The normalized spacial score (nSPS) is 15.5. The molecule has 1 fully saturated rings. The Morgan fingerprint density at radius 2 is 1.41 bits per heavy atom. The highest BCUT2D eigenvalue weighted by molar-refractivity contribution is 7.45. The van der Waals surface area contributed by atoms with Crippen LogP contribution in [0, 0.1) is 5.92 Å². The average molecular weight is 330 g/mol. The van der Waals surface area contributed by atoms with Gasteiger partial charge in [0.25, 0.3) is 0 Å². The maximum absolute atomic E-state index is 11.4. The molecule has 2 rings (SSSR count). The Bertz CT molecular complexity index is 570. The third-order valence-corrected chi connectivity index (χ3v) is 2.67. The highest BCUT2D eigenvalue weighted by atomic mass is 31.2. The van der Waals surface area contributed by atoms with Gasteiger partial charge in [-0.3, -0.25) is 20.2 Å². The van der Waals surface area contributed by atoms with Crippen LogP contribution in [-0.4, -0.2) is 32.5 Å². The van der Waals surface area contributed by atoms with Gasteiger partial charge in [-0.15, -0.1) is 0 Å². The first-order valence-corrected chi connectivity index (χ1v) is 7.71. The number of amides is 4. The van der Waals surface area contributed by atoms with Crippen molar-refractivity contribution in [1.82, 2.24) is 10.6 Å². The summed E-state index contributed by atoms with van der Waals surface area (Å²) >= 11 is 0. The summed E-state index contributed by atoms with van der Waals surface area (Å²) in [5, 5.41) is 4.17. The summed E-state index contributed by atoms with van der Waals surface area (Å²) in [6.45, 7) is 0. The van der Waals surface area contributed by atoms with E-state index in [-0.39, 0.29) is 0 Å². The van der Waals surface area contributed by atoms with Gasteiger partial charge in [-0.05, 0) is 18.4 Å². The van der Waals surface area contributed by atoms with Gasteiger partial charge in [0.2, 0.25) is 11.8 Å². The molecule has 10 heteroatoms. The van der Waals surface area contributed by atoms with Crippen LogP contribution >= 0.6 is 7.82 Å². The zero-order chi connectivity index (χ0) is 16.8. The summed E-state index contributed by atoms with van der Waals surface area (Å²) in [7, 11) is -4.64. The van der Waals surface area contributed by atoms with E-state index >= 15 is 0 Å². The third-order valence-electron chi connectivity index (χ3n) is 2.67. The predicted octanol–water partition coefficient (Wildman–Crippen LogP) is -0.327. The zero-order valence-corrected chi connectivity index (χ0v) is 12.2. The van der Waals surface area contributed by atoms with Crippen LogP contribution in [0.25, 0.3) is 0 Å². The van der Waals surface area contributed by atoms with E-state index in [0.717, 1.165) is 5.56 Å². The monoisotopic (exact) mass is 330 g/mol. The number of rotatable bonds is 3. The Morgan fingerprint density at radius 1 is 0.955 bits per heavy atom. The lowest BCUT2D eigenvalue weighted by atomic mass is 9.97. The van der Waals surface area contributed by atoms with Crippen LogP contribution in [0.3, 0.4) is 0 Å². The van der Waals surface area contributed by atoms with Crippen molar-refractivity contribution in [2.24, 2.45) is 5.92 Å². The summed E-state index contributed by atoms with van der Waals surface area (Å²) in [6.07, 6.45) is 1.02. The minimum absolute atomic E-state index is 0.398. The SMILES string of the molecule is O=C1NC(=O)C(CCc2ccccc2)C(=O)N1.O=P(O)(O)O. The maximum Gasteiger partial charge on any atom is 0.466 e. The van der Waals surface area contributed by atoms with Crippen molar-refractivity contribution in [3.63, 3.8) is 0 Å². The number of barbiturate groups is 1. The van der Waals surface area contributed by atoms with E-state index in [9.17, 15) is 14.4 Å². The van der Waals surface area contributed by atoms with Gasteiger partial charge in [0.05, 0.1) is 0 Å². The Kier molecular flexibility index (Phi) is 6.39. The summed E-state index contributed by atoms with van der Waals surface area (Å²) in [4.78, 5) is 55.3. The van der Waals surface area contributed by atoms with Gasteiger partial charge in [0.15, 0.2) is 0 Å². The first kappa shape index (κ1) is 18.0. The van der Waals surface area contributed by atoms with Crippen molar-refractivity contribution in [2.75, 3.05) is 0 Å². The number of urea groups is 1. The van der Waals surface area contributed by atoms with E-state index in [1.165, 1.54) is 0 Å². The van der Waals surface area contributed by atoms with Gasteiger partial charge >= 0.3 is 13.9 Å². The number of imide groups is 2. The fourth-order valence-electron chi connectivity index (χ4n) is 1.77. The van der Waals surface area contributed by atoms with Gasteiger partial charge in [0, 0.05) is 0 Å². The molecule has 1 aromatic carbocycles. The molecule has 0 atom stereocenters. The van der Waals surface area contributed by atoms with E-state index in [4.69, 9.17) is 19.2 Å². The lowest BCUT2D eigenvalue weighted by Crippen LogP contribution is -2.55. The molecule has 1 aromatic rings. The number of carbonyl (C=O) groups excluding carboxylic acids is 3. The number of hydrogen-bond donors (Lipinski definition) is 5. The fraction of sp³-hybridized carbons (Fsp3) is 0.250. The molecule has 0 unspecified atom stereocenters. The summed E-state index contributed by atoms with van der Waals surface area (Å²) < 4.78 is 8.88. The first-order valence-electron chi connectivity index (χ1n) is 6.14. The zero-order valence-electron chi connectivity index (χ0n) is 11.3. The van der Waals surface area contributed by atoms with Crippen LogP contribution in [0.5, 0.6) is 0 Å². The average Bonchev–Trinajstić information content (AvgIpc) is 2.36. The highest BCUT2D eigenvalue weighted by Crippen LogP contribution is 2.25. The molecule has 120 valence electrons. The number of aryl methyl sites for hydroxylation is 1. The molecule has 1 aliphatic rings. The largest absolute Gasteiger partial charge is 0.466 e. The molecular weight excluding hydrogens is 315 g/mol. The summed E-state index contributed by atoms with van der Waals surface area (Å²) in [5.41, 5.74) is 1.06. The first-order chi connectivity index (χ1) is 10.2. The Hall–Kier alpha value is -2.06.